The first-order valence-corrected chi connectivity index (χ1v) is 10.9. The molecule has 0 saturated carbocycles. The Morgan fingerprint density at radius 3 is 1.75 bits per heavy atom. The third-order valence-electron chi connectivity index (χ3n) is 6.60. The smallest absolute Gasteiger partial charge is 0.261 e. The summed E-state index contributed by atoms with van der Waals surface area (Å²) in [5.41, 5.74) is 2.81. The number of carbonyl (C=O) groups excluding carboxylic acids is 2. The van der Waals surface area contributed by atoms with Crippen LogP contribution in [0.3, 0.4) is 0 Å². The number of hydrogen-bond acceptors (Lipinski definition) is 3. The van der Waals surface area contributed by atoms with Gasteiger partial charge in [0.15, 0.2) is 0 Å². The zero-order chi connectivity index (χ0) is 21.7. The zero-order valence-corrected chi connectivity index (χ0v) is 17.4. The molecule has 2 amide bonds. The monoisotopic (exact) mass is 419 g/mol. The van der Waals surface area contributed by atoms with Crippen molar-refractivity contribution in [2.75, 3.05) is 6.54 Å². The van der Waals surface area contributed by atoms with Crippen molar-refractivity contribution >= 4 is 22.6 Å². The Hall–Kier alpha value is -3.76. The molecule has 4 aromatic carbocycles. The first-order valence-electron chi connectivity index (χ1n) is 10.9. The molecule has 0 aliphatic carbocycles. The fourth-order valence-electron chi connectivity index (χ4n) is 5.03. The van der Waals surface area contributed by atoms with Crippen LogP contribution in [0.2, 0.25) is 0 Å². The fourth-order valence-corrected chi connectivity index (χ4v) is 5.03. The predicted octanol–water partition coefficient (Wildman–Crippen LogP) is 5.17. The average molecular weight is 419 g/mol. The number of epoxide rings is 1. The van der Waals surface area contributed by atoms with Crippen molar-refractivity contribution < 1.29 is 14.3 Å². The van der Waals surface area contributed by atoms with Gasteiger partial charge in [0.25, 0.3) is 11.8 Å². The van der Waals surface area contributed by atoms with Crippen LogP contribution in [0.15, 0.2) is 97.1 Å². The molecule has 4 nitrogen and oxygen atoms in total. The van der Waals surface area contributed by atoms with Crippen molar-refractivity contribution in [3.63, 3.8) is 0 Å². The summed E-state index contributed by atoms with van der Waals surface area (Å²) in [5, 5.41) is 1.67. The summed E-state index contributed by atoms with van der Waals surface area (Å²) in [6.45, 7) is 0.314. The largest absolute Gasteiger partial charge is 0.356 e. The lowest BCUT2D eigenvalue weighted by molar-refractivity contribution is 0.0606. The van der Waals surface area contributed by atoms with Gasteiger partial charge in [-0.05, 0) is 35.1 Å². The maximum Gasteiger partial charge on any atom is 0.261 e. The molecule has 6 rings (SSSR count). The summed E-state index contributed by atoms with van der Waals surface area (Å²) in [6, 6.07) is 31.5. The van der Waals surface area contributed by atoms with Gasteiger partial charge in [-0.25, -0.2) is 0 Å². The van der Waals surface area contributed by atoms with E-state index in [0.717, 1.165) is 21.9 Å². The Balaban J connectivity index is 1.30. The van der Waals surface area contributed by atoms with Gasteiger partial charge in [0.1, 0.15) is 5.60 Å². The van der Waals surface area contributed by atoms with Gasteiger partial charge < -0.3 is 4.74 Å². The van der Waals surface area contributed by atoms with Gasteiger partial charge in [-0.2, -0.15) is 0 Å². The summed E-state index contributed by atoms with van der Waals surface area (Å²) >= 11 is 0. The van der Waals surface area contributed by atoms with Gasteiger partial charge in [0, 0.05) is 23.1 Å². The quantitative estimate of drug-likeness (QED) is 0.331. The molecule has 4 aromatic rings. The van der Waals surface area contributed by atoms with E-state index < -0.39 is 5.60 Å². The molecule has 4 heteroatoms. The van der Waals surface area contributed by atoms with Crippen molar-refractivity contribution in [2.45, 2.75) is 18.1 Å². The molecule has 0 bridgehead atoms. The third-order valence-corrected chi connectivity index (χ3v) is 6.60. The van der Waals surface area contributed by atoms with Crippen LogP contribution < -0.4 is 0 Å². The molecule has 0 N–H and O–H groups in total. The number of amides is 2. The van der Waals surface area contributed by atoms with Crippen LogP contribution in [0.25, 0.3) is 10.8 Å². The Labute approximate surface area is 186 Å². The summed E-state index contributed by atoms with van der Waals surface area (Å²) in [7, 11) is 0. The first-order chi connectivity index (χ1) is 15.7. The Bertz CT molecular complexity index is 1260. The third kappa shape index (κ3) is 2.73. The van der Waals surface area contributed by atoms with E-state index in [1.165, 1.54) is 4.90 Å². The fraction of sp³-hybridized carbons (Fsp3) is 0.143. The van der Waals surface area contributed by atoms with Crippen LogP contribution in [0.4, 0.5) is 0 Å². The van der Waals surface area contributed by atoms with Crippen molar-refractivity contribution in [1.29, 1.82) is 0 Å². The standard InChI is InChI=1S/C28H21NO3/c30-26-22-15-7-9-19-10-8-16-23(25(19)22)27(31)29(26)18-17-24-28(32-24,20-11-3-1-4-12-20)21-13-5-2-6-14-21/h1-16,24H,17-18H2. The Morgan fingerprint density at radius 2 is 1.22 bits per heavy atom. The van der Waals surface area contributed by atoms with Gasteiger partial charge in [0.2, 0.25) is 0 Å². The molecule has 1 saturated heterocycles. The van der Waals surface area contributed by atoms with Gasteiger partial charge in [-0.15, -0.1) is 0 Å². The van der Waals surface area contributed by atoms with Crippen LogP contribution in [0.1, 0.15) is 38.3 Å². The number of hydrogen-bond donors (Lipinski definition) is 0. The van der Waals surface area contributed by atoms with Gasteiger partial charge >= 0.3 is 0 Å². The maximum atomic E-state index is 13.2. The normalized spacial score (nSPS) is 18.8. The average Bonchev–Trinajstić information content (AvgIpc) is 3.59. The van der Waals surface area contributed by atoms with Crippen molar-refractivity contribution in [3.8, 4) is 0 Å². The lowest BCUT2D eigenvalue weighted by atomic mass is 9.86. The van der Waals surface area contributed by atoms with Crippen LogP contribution in [0.5, 0.6) is 0 Å². The summed E-state index contributed by atoms with van der Waals surface area (Å²) < 4.78 is 6.32. The van der Waals surface area contributed by atoms with E-state index in [4.69, 9.17) is 4.74 Å². The van der Waals surface area contributed by atoms with Gasteiger partial charge in [0.05, 0.1) is 6.10 Å². The van der Waals surface area contributed by atoms with E-state index in [2.05, 4.69) is 24.3 Å². The SMILES string of the molecule is O=C1c2cccc3cccc(c23)C(=O)N1CCC1OC1(c1ccccc1)c1ccccc1. The topological polar surface area (TPSA) is 49.9 Å². The van der Waals surface area contributed by atoms with Crippen LogP contribution in [0, 0.1) is 0 Å². The molecule has 32 heavy (non-hydrogen) atoms. The number of ether oxygens (including phenoxy) is 1. The summed E-state index contributed by atoms with van der Waals surface area (Å²) in [4.78, 5) is 27.8. The molecule has 0 aromatic heterocycles. The summed E-state index contributed by atoms with van der Waals surface area (Å²) in [6.07, 6.45) is 0.459. The first kappa shape index (κ1) is 19.0. The highest BCUT2D eigenvalue weighted by Gasteiger charge is 2.58. The molecule has 0 radical (unpaired) electrons. The van der Waals surface area contributed by atoms with Crippen molar-refractivity contribution in [3.05, 3.63) is 119 Å². The second-order valence-corrected chi connectivity index (χ2v) is 8.33. The number of imide groups is 1. The zero-order valence-electron chi connectivity index (χ0n) is 17.4. The van der Waals surface area contributed by atoms with Gasteiger partial charge in [-0.3, -0.25) is 14.5 Å². The molecular formula is C28H21NO3. The summed E-state index contributed by atoms with van der Waals surface area (Å²) in [5.74, 6) is -0.463. The van der Waals surface area contributed by atoms with E-state index in [0.29, 0.717) is 24.1 Å². The minimum Gasteiger partial charge on any atom is -0.356 e. The molecular weight excluding hydrogens is 398 g/mol. The molecule has 2 aliphatic heterocycles. The lowest BCUT2D eigenvalue weighted by Gasteiger charge is -2.27. The van der Waals surface area contributed by atoms with Gasteiger partial charge in [-0.1, -0.05) is 84.9 Å². The molecule has 2 heterocycles. The van der Waals surface area contributed by atoms with E-state index in [1.807, 2.05) is 60.7 Å². The molecule has 2 aliphatic rings. The van der Waals surface area contributed by atoms with E-state index >= 15 is 0 Å². The van der Waals surface area contributed by atoms with Crippen LogP contribution in [-0.2, 0) is 10.3 Å². The Morgan fingerprint density at radius 1 is 0.688 bits per heavy atom. The molecule has 1 unspecified atom stereocenters. The minimum absolute atomic E-state index is 0.110. The number of carbonyl (C=O) groups is 2. The lowest BCUT2D eigenvalue weighted by Crippen LogP contribution is -2.41. The highest BCUT2D eigenvalue weighted by molar-refractivity contribution is 6.25. The molecule has 1 atom stereocenters. The molecule has 1 fully saturated rings. The van der Waals surface area contributed by atoms with Crippen LogP contribution in [-0.4, -0.2) is 29.4 Å². The second-order valence-electron chi connectivity index (χ2n) is 8.33. The van der Waals surface area contributed by atoms with E-state index in [1.54, 1.807) is 12.1 Å². The number of benzene rings is 4. The maximum absolute atomic E-state index is 13.2. The highest BCUT2D eigenvalue weighted by Crippen LogP contribution is 2.53. The van der Waals surface area contributed by atoms with Crippen LogP contribution >= 0.6 is 0 Å². The Kier molecular flexibility index (Phi) is 4.23. The van der Waals surface area contributed by atoms with Crippen molar-refractivity contribution in [2.24, 2.45) is 0 Å². The second kappa shape index (κ2) is 7.14. The number of rotatable bonds is 5. The molecule has 156 valence electrons. The number of nitrogens with zero attached hydrogens (tertiary/aromatic N) is 1. The highest BCUT2D eigenvalue weighted by atomic mass is 16.6. The van der Waals surface area contributed by atoms with E-state index in [9.17, 15) is 9.59 Å². The van der Waals surface area contributed by atoms with Crippen molar-refractivity contribution in [1.82, 2.24) is 4.90 Å². The molecule has 0 spiro atoms. The predicted molar refractivity (Wildman–Crippen MR) is 122 cm³/mol. The van der Waals surface area contributed by atoms with E-state index in [-0.39, 0.29) is 17.9 Å². The minimum atomic E-state index is -0.539.